The van der Waals surface area contributed by atoms with Gasteiger partial charge in [0.1, 0.15) is 0 Å². The minimum absolute atomic E-state index is 0.103. The molecule has 1 aromatic heterocycles. The number of imide groups is 1. The molecule has 1 N–H and O–H groups in total. The van der Waals surface area contributed by atoms with Gasteiger partial charge in [-0.3, -0.25) is 24.2 Å². The van der Waals surface area contributed by atoms with Gasteiger partial charge in [-0.25, -0.2) is 0 Å². The number of carbonyl (C=O) groups excluding carboxylic acids is 3. The molecule has 1 fully saturated rings. The predicted octanol–water partition coefficient (Wildman–Crippen LogP) is 2.69. The maximum Gasteiger partial charge on any atom is 0.261 e. The van der Waals surface area contributed by atoms with Crippen molar-refractivity contribution in [1.29, 1.82) is 0 Å². The van der Waals surface area contributed by atoms with Crippen LogP contribution in [0.2, 0.25) is 0 Å². The molecule has 2 aliphatic rings. The van der Waals surface area contributed by atoms with E-state index in [1.54, 1.807) is 35.6 Å². The summed E-state index contributed by atoms with van der Waals surface area (Å²) in [5.74, 6) is -0.777. The number of benzene rings is 1. The summed E-state index contributed by atoms with van der Waals surface area (Å²) in [4.78, 5) is 42.0. The Morgan fingerprint density at radius 1 is 1.04 bits per heavy atom. The van der Waals surface area contributed by atoms with Crippen molar-refractivity contribution in [3.63, 3.8) is 0 Å². The number of fused-ring (bicyclic) bond motifs is 1. The molecular formula is C21H23N3O3S. The summed E-state index contributed by atoms with van der Waals surface area (Å²) >= 11 is 1.71. The van der Waals surface area contributed by atoms with Crippen LogP contribution in [-0.2, 0) is 4.79 Å². The first-order valence-electron chi connectivity index (χ1n) is 9.64. The van der Waals surface area contributed by atoms with E-state index < -0.39 is 0 Å². The Hall–Kier alpha value is -2.51. The van der Waals surface area contributed by atoms with Crippen LogP contribution in [-0.4, -0.2) is 53.7 Å². The van der Waals surface area contributed by atoms with E-state index in [0.29, 0.717) is 17.7 Å². The van der Waals surface area contributed by atoms with Crippen LogP contribution in [0.4, 0.5) is 0 Å². The van der Waals surface area contributed by atoms with Gasteiger partial charge in [0.25, 0.3) is 11.8 Å². The lowest BCUT2D eigenvalue weighted by Crippen LogP contribution is -2.38. The number of amides is 3. The van der Waals surface area contributed by atoms with E-state index in [-0.39, 0.29) is 36.7 Å². The highest BCUT2D eigenvalue weighted by Crippen LogP contribution is 2.28. The Kier molecular flexibility index (Phi) is 5.54. The van der Waals surface area contributed by atoms with Crippen LogP contribution in [0.1, 0.15) is 50.9 Å². The molecule has 2 aliphatic heterocycles. The molecule has 7 heteroatoms. The molecule has 0 spiro atoms. The van der Waals surface area contributed by atoms with E-state index in [9.17, 15) is 14.4 Å². The molecule has 0 unspecified atom stereocenters. The molecule has 1 atom stereocenters. The first kappa shape index (κ1) is 18.8. The molecule has 0 radical (unpaired) electrons. The van der Waals surface area contributed by atoms with Gasteiger partial charge in [-0.05, 0) is 49.5 Å². The van der Waals surface area contributed by atoms with E-state index in [0.717, 1.165) is 13.1 Å². The van der Waals surface area contributed by atoms with Crippen LogP contribution in [0.3, 0.4) is 0 Å². The Labute approximate surface area is 168 Å². The quantitative estimate of drug-likeness (QED) is 0.730. The lowest BCUT2D eigenvalue weighted by Gasteiger charge is -2.27. The predicted molar refractivity (Wildman–Crippen MR) is 107 cm³/mol. The second-order valence-corrected chi connectivity index (χ2v) is 8.12. The number of carbonyl (C=O) groups is 3. The smallest absolute Gasteiger partial charge is 0.261 e. The van der Waals surface area contributed by atoms with Crippen LogP contribution in [0.25, 0.3) is 0 Å². The van der Waals surface area contributed by atoms with Crippen molar-refractivity contribution in [1.82, 2.24) is 15.1 Å². The fourth-order valence-electron chi connectivity index (χ4n) is 3.90. The van der Waals surface area contributed by atoms with Crippen molar-refractivity contribution in [3.8, 4) is 0 Å². The maximum absolute atomic E-state index is 12.4. The van der Waals surface area contributed by atoms with Crippen LogP contribution in [0, 0.1) is 0 Å². The largest absolute Gasteiger partial charge is 0.354 e. The van der Waals surface area contributed by atoms with Crippen LogP contribution >= 0.6 is 11.3 Å². The van der Waals surface area contributed by atoms with Gasteiger partial charge < -0.3 is 5.32 Å². The van der Waals surface area contributed by atoms with Crippen molar-refractivity contribution in [3.05, 3.63) is 57.8 Å². The Morgan fingerprint density at radius 3 is 2.32 bits per heavy atom. The van der Waals surface area contributed by atoms with Crippen molar-refractivity contribution in [2.45, 2.75) is 25.3 Å². The first-order valence-corrected chi connectivity index (χ1v) is 10.5. The maximum atomic E-state index is 12.4. The second kappa shape index (κ2) is 8.24. The monoisotopic (exact) mass is 397 g/mol. The van der Waals surface area contributed by atoms with Crippen molar-refractivity contribution >= 4 is 29.1 Å². The molecule has 0 saturated carbocycles. The summed E-state index contributed by atoms with van der Waals surface area (Å²) in [5, 5.41) is 5.06. The number of thiophene rings is 1. The van der Waals surface area contributed by atoms with Crippen LogP contribution in [0.5, 0.6) is 0 Å². The number of likely N-dealkylation sites (tertiary alicyclic amines) is 1. The lowest BCUT2D eigenvalue weighted by atomic mass is 10.1. The summed E-state index contributed by atoms with van der Waals surface area (Å²) in [5.41, 5.74) is 0.833. The van der Waals surface area contributed by atoms with Crippen molar-refractivity contribution in [2.75, 3.05) is 26.2 Å². The average molecular weight is 398 g/mol. The highest BCUT2D eigenvalue weighted by atomic mass is 32.1. The first-order chi connectivity index (χ1) is 13.6. The normalized spacial score (nSPS) is 17.8. The molecule has 1 aromatic carbocycles. The van der Waals surface area contributed by atoms with Crippen molar-refractivity contribution < 1.29 is 14.4 Å². The summed E-state index contributed by atoms with van der Waals surface area (Å²) in [6.07, 6.45) is 2.49. The zero-order valence-electron chi connectivity index (χ0n) is 15.6. The SMILES string of the molecule is O=C(CCN1C(=O)c2ccccc2C1=O)NC[C@H](c1cccs1)N1CCCC1. The van der Waals surface area contributed by atoms with Crippen LogP contribution in [0.15, 0.2) is 41.8 Å². The molecule has 0 bridgehead atoms. The molecule has 3 heterocycles. The molecule has 6 nitrogen and oxygen atoms in total. The minimum atomic E-state index is -0.318. The molecule has 0 aliphatic carbocycles. The summed E-state index contributed by atoms with van der Waals surface area (Å²) in [6, 6.07) is 11.1. The third kappa shape index (κ3) is 3.72. The highest BCUT2D eigenvalue weighted by Gasteiger charge is 2.35. The Bertz CT molecular complexity index is 840. The summed E-state index contributed by atoms with van der Waals surface area (Å²) < 4.78 is 0. The second-order valence-electron chi connectivity index (χ2n) is 7.14. The average Bonchev–Trinajstić information content (AvgIpc) is 3.45. The van der Waals surface area contributed by atoms with Gasteiger partial charge >= 0.3 is 0 Å². The zero-order valence-corrected chi connectivity index (χ0v) is 16.4. The van der Waals surface area contributed by atoms with Crippen LogP contribution < -0.4 is 5.32 Å². The van der Waals surface area contributed by atoms with Gasteiger partial charge in [-0.15, -0.1) is 11.3 Å². The number of hydrogen-bond donors (Lipinski definition) is 1. The number of nitrogens with zero attached hydrogens (tertiary/aromatic N) is 2. The van der Waals surface area contributed by atoms with Gasteiger partial charge in [-0.1, -0.05) is 18.2 Å². The third-order valence-corrected chi connectivity index (χ3v) is 6.36. The topological polar surface area (TPSA) is 69.7 Å². The summed E-state index contributed by atoms with van der Waals surface area (Å²) in [7, 11) is 0. The lowest BCUT2D eigenvalue weighted by molar-refractivity contribution is -0.121. The van der Waals surface area contributed by atoms with Gasteiger partial charge in [0.15, 0.2) is 0 Å². The van der Waals surface area contributed by atoms with Gasteiger partial charge in [0.2, 0.25) is 5.91 Å². The number of nitrogens with one attached hydrogen (secondary N) is 1. The molecule has 3 amide bonds. The summed E-state index contributed by atoms with van der Waals surface area (Å²) in [6.45, 7) is 2.74. The Morgan fingerprint density at radius 2 is 1.71 bits per heavy atom. The van der Waals surface area contributed by atoms with E-state index in [4.69, 9.17) is 0 Å². The molecule has 28 heavy (non-hydrogen) atoms. The molecule has 4 rings (SSSR count). The molecular weight excluding hydrogens is 374 g/mol. The molecule has 146 valence electrons. The number of hydrogen-bond acceptors (Lipinski definition) is 5. The highest BCUT2D eigenvalue weighted by molar-refractivity contribution is 7.10. The molecule has 1 saturated heterocycles. The number of rotatable bonds is 7. The fraction of sp³-hybridized carbons (Fsp3) is 0.381. The van der Waals surface area contributed by atoms with E-state index in [1.165, 1.54) is 22.6 Å². The van der Waals surface area contributed by atoms with Crippen molar-refractivity contribution in [2.24, 2.45) is 0 Å². The van der Waals surface area contributed by atoms with E-state index >= 15 is 0 Å². The molecule has 2 aromatic rings. The van der Waals surface area contributed by atoms with E-state index in [2.05, 4.69) is 21.7 Å². The standard InChI is InChI=1S/C21H23N3O3S/c25-19(9-12-24-20(26)15-6-1-2-7-16(15)21(24)27)22-14-17(18-8-5-13-28-18)23-10-3-4-11-23/h1-2,5-8,13,17H,3-4,9-12,14H2,(H,22,25)/t17-/m1/s1. The van der Waals surface area contributed by atoms with Gasteiger partial charge in [0.05, 0.1) is 17.2 Å². The third-order valence-electron chi connectivity index (χ3n) is 5.39. The zero-order chi connectivity index (χ0) is 19.5. The van der Waals surface area contributed by atoms with Gasteiger partial charge in [-0.2, -0.15) is 0 Å². The fourth-order valence-corrected chi connectivity index (χ4v) is 4.76. The van der Waals surface area contributed by atoms with Gasteiger partial charge in [0, 0.05) is 24.4 Å². The minimum Gasteiger partial charge on any atom is -0.354 e. The van der Waals surface area contributed by atoms with E-state index in [1.807, 2.05) is 6.07 Å². The Balaban J connectivity index is 1.32.